The number of aromatic carboxylic acids is 1. The van der Waals surface area contributed by atoms with Gasteiger partial charge in [0, 0.05) is 7.05 Å². The molecule has 0 amide bonds. The molecule has 0 aliphatic heterocycles. The van der Waals surface area contributed by atoms with Crippen molar-refractivity contribution in [3.8, 4) is 0 Å². The number of aromatic nitrogens is 2. The topological polar surface area (TPSA) is 57.9 Å². The fourth-order valence-electron chi connectivity index (χ4n) is 0.798. The van der Waals surface area contributed by atoms with Crippen LogP contribution < -0.4 is 24.0 Å². The molecule has 0 saturated carbocycles. The van der Waals surface area contributed by atoms with E-state index in [2.05, 4.69) is 20.9 Å². The second kappa shape index (κ2) is 4.12. The van der Waals surface area contributed by atoms with Crippen molar-refractivity contribution in [3.63, 3.8) is 0 Å². The number of aryl methyl sites for hydroxylation is 1. The zero-order chi connectivity index (χ0) is 8.59. The summed E-state index contributed by atoms with van der Waals surface area (Å²) in [7, 11) is 1.61. The van der Waals surface area contributed by atoms with Crippen LogP contribution >= 0.6 is 15.9 Å². The first-order valence-corrected chi connectivity index (χ1v) is 3.73. The van der Waals surface area contributed by atoms with E-state index in [9.17, 15) is 9.90 Å². The summed E-state index contributed by atoms with van der Waals surface area (Å²) in [5.74, 6) is -1.32. The predicted octanol–water partition coefficient (Wildman–Crippen LogP) is -3.14. The molecule has 0 atom stereocenters. The van der Waals surface area contributed by atoms with E-state index in [4.69, 9.17) is 0 Å². The molecule has 12 heavy (non-hydrogen) atoms. The second-order valence-corrected chi connectivity index (χ2v) is 2.91. The summed E-state index contributed by atoms with van der Waals surface area (Å²) in [4.78, 5) is 14.1. The maximum atomic E-state index is 10.4. The van der Waals surface area contributed by atoms with Crippen molar-refractivity contribution in [1.29, 1.82) is 0 Å². The van der Waals surface area contributed by atoms with Gasteiger partial charge in [-0.05, 0) is 22.9 Å². The molecule has 0 radical (unpaired) electrons. The van der Waals surface area contributed by atoms with Gasteiger partial charge in [0.2, 0.25) is 0 Å². The molecule has 0 spiro atoms. The molecule has 1 aromatic heterocycles. The van der Waals surface area contributed by atoms with Crippen LogP contribution in [-0.2, 0) is 7.05 Å². The fourth-order valence-corrected chi connectivity index (χ4v) is 1.05. The molecule has 1 heterocycles. The van der Waals surface area contributed by atoms with Crippen molar-refractivity contribution in [1.82, 2.24) is 9.55 Å². The Hall–Kier alpha value is -0.243. The summed E-state index contributed by atoms with van der Waals surface area (Å²) < 4.78 is 2.08. The molecule has 0 N–H and O–H groups in total. The molecule has 0 unspecified atom stereocenters. The summed E-state index contributed by atoms with van der Waals surface area (Å²) in [6.07, 6.45) is 0. The van der Waals surface area contributed by atoms with Crippen LogP contribution in [-0.4, -0.2) is 15.5 Å². The number of carbonyl (C=O) groups excluding carboxylic acids is 1. The fraction of sp³-hybridized carbons (Fsp3) is 0.333. The van der Waals surface area contributed by atoms with Crippen molar-refractivity contribution in [2.45, 2.75) is 6.92 Å². The molecule has 0 saturated heterocycles. The van der Waals surface area contributed by atoms with Gasteiger partial charge in [-0.2, -0.15) is 0 Å². The molecular weight excluding hydrogens is 219 g/mol. The van der Waals surface area contributed by atoms with E-state index in [1.54, 1.807) is 14.0 Å². The number of nitrogens with zero attached hydrogens (tertiary/aromatic N) is 2. The van der Waals surface area contributed by atoms with Gasteiger partial charge in [0.05, 0.1) is 5.69 Å². The summed E-state index contributed by atoms with van der Waals surface area (Å²) in [6, 6.07) is 0. The number of rotatable bonds is 1. The third kappa shape index (κ3) is 1.92. The summed E-state index contributed by atoms with van der Waals surface area (Å²) in [5.41, 5.74) is 0.645. The van der Waals surface area contributed by atoms with Gasteiger partial charge < -0.3 is 14.5 Å². The van der Waals surface area contributed by atoms with Crippen molar-refractivity contribution in [3.05, 3.63) is 16.1 Å². The van der Waals surface area contributed by atoms with E-state index in [1.807, 2.05) is 0 Å². The van der Waals surface area contributed by atoms with Gasteiger partial charge in [0.1, 0.15) is 10.6 Å². The standard InChI is InChI=1S/C6H7BrN2O2.Li/c1-3-4(7)9(2)5(8-3)6(10)11;/h1-2H3,(H,10,11);/q;+1/p-1. The zero-order valence-electron chi connectivity index (χ0n) is 7.09. The van der Waals surface area contributed by atoms with Crippen LogP contribution in [0.2, 0.25) is 0 Å². The molecule has 4 nitrogen and oxygen atoms in total. The molecule has 0 aliphatic rings. The second-order valence-electron chi connectivity index (χ2n) is 2.16. The Kier molecular flexibility index (Phi) is 4.04. The van der Waals surface area contributed by atoms with Crippen LogP contribution in [0.4, 0.5) is 0 Å². The van der Waals surface area contributed by atoms with Crippen molar-refractivity contribution >= 4 is 21.9 Å². The number of imidazole rings is 1. The van der Waals surface area contributed by atoms with Crippen molar-refractivity contribution in [2.24, 2.45) is 7.05 Å². The van der Waals surface area contributed by atoms with Crippen molar-refractivity contribution < 1.29 is 28.8 Å². The summed E-state index contributed by atoms with van der Waals surface area (Å²) in [5, 5.41) is 10.4. The van der Waals surface area contributed by atoms with Gasteiger partial charge in [-0.1, -0.05) is 0 Å². The average molecular weight is 225 g/mol. The van der Waals surface area contributed by atoms with E-state index >= 15 is 0 Å². The first-order chi connectivity index (χ1) is 5.04. The summed E-state index contributed by atoms with van der Waals surface area (Å²) in [6.45, 7) is 1.72. The van der Waals surface area contributed by atoms with E-state index in [0.29, 0.717) is 10.3 Å². The Morgan fingerprint density at radius 2 is 2.17 bits per heavy atom. The smallest absolute Gasteiger partial charge is 0.542 e. The van der Waals surface area contributed by atoms with Crippen LogP contribution in [0, 0.1) is 6.92 Å². The van der Waals surface area contributed by atoms with Gasteiger partial charge in [0.25, 0.3) is 0 Å². The van der Waals surface area contributed by atoms with Crippen LogP contribution in [0.15, 0.2) is 4.60 Å². The minimum atomic E-state index is -1.26. The number of carboxylic acids is 1. The molecule has 6 heteroatoms. The van der Waals surface area contributed by atoms with Gasteiger partial charge in [-0.15, -0.1) is 0 Å². The maximum Gasteiger partial charge on any atom is 1.00 e. The average Bonchev–Trinajstić information content (AvgIpc) is 2.17. The molecule has 0 bridgehead atoms. The van der Waals surface area contributed by atoms with Gasteiger partial charge in [-0.3, -0.25) is 0 Å². The molecule has 1 aromatic rings. The number of carbonyl (C=O) groups is 1. The van der Waals surface area contributed by atoms with Crippen LogP contribution in [0.1, 0.15) is 16.3 Å². The van der Waals surface area contributed by atoms with E-state index < -0.39 is 5.97 Å². The number of hydrogen-bond donors (Lipinski definition) is 0. The Bertz CT molecular complexity index is 311. The number of halogens is 1. The first kappa shape index (κ1) is 11.8. The maximum absolute atomic E-state index is 10.4. The van der Waals surface area contributed by atoms with E-state index in [-0.39, 0.29) is 24.7 Å². The van der Waals surface area contributed by atoms with Gasteiger partial charge in [0.15, 0.2) is 5.82 Å². The third-order valence-corrected chi connectivity index (χ3v) is 2.47. The van der Waals surface area contributed by atoms with E-state index in [1.165, 1.54) is 4.57 Å². The largest absolute Gasteiger partial charge is 1.00 e. The van der Waals surface area contributed by atoms with Gasteiger partial charge >= 0.3 is 18.9 Å². The first-order valence-electron chi connectivity index (χ1n) is 2.94. The minimum Gasteiger partial charge on any atom is -0.542 e. The molecule has 0 aliphatic carbocycles. The normalized spacial score (nSPS) is 9.25. The predicted molar refractivity (Wildman–Crippen MR) is 40.0 cm³/mol. The Labute approximate surface area is 90.3 Å². The molecule has 60 valence electrons. The molecule has 1 rings (SSSR count). The zero-order valence-corrected chi connectivity index (χ0v) is 8.67. The third-order valence-electron chi connectivity index (χ3n) is 1.37. The molecular formula is C6H6BrLiN2O2. The number of carboxylic acid groups (broad SMARTS) is 1. The Morgan fingerprint density at radius 3 is 2.33 bits per heavy atom. The quantitative estimate of drug-likeness (QED) is 0.474. The van der Waals surface area contributed by atoms with Crippen LogP contribution in [0.25, 0.3) is 0 Å². The van der Waals surface area contributed by atoms with Gasteiger partial charge in [-0.25, -0.2) is 4.98 Å². The minimum absolute atomic E-state index is 0. The van der Waals surface area contributed by atoms with Crippen LogP contribution in [0.5, 0.6) is 0 Å². The molecule has 0 aromatic carbocycles. The monoisotopic (exact) mass is 224 g/mol. The summed E-state index contributed by atoms with van der Waals surface area (Å²) >= 11 is 3.18. The SMILES string of the molecule is Cc1nc(C(=O)[O-])n(C)c1Br.[Li+]. The van der Waals surface area contributed by atoms with Crippen molar-refractivity contribution in [2.75, 3.05) is 0 Å². The number of hydrogen-bond acceptors (Lipinski definition) is 3. The van der Waals surface area contributed by atoms with Crippen LogP contribution in [0.3, 0.4) is 0 Å². The Balaban J connectivity index is 0.00000121. The Morgan fingerprint density at radius 1 is 1.67 bits per heavy atom. The molecule has 0 fully saturated rings. The van der Waals surface area contributed by atoms with E-state index in [0.717, 1.165) is 0 Å².